The molecule has 5 nitrogen and oxygen atoms in total. The number of hydrogen-bond donors (Lipinski definition) is 2. The predicted molar refractivity (Wildman–Crippen MR) is 86.5 cm³/mol. The zero-order valence-corrected chi connectivity index (χ0v) is 13.3. The van der Waals surface area contributed by atoms with Gasteiger partial charge < -0.3 is 15.8 Å². The van der Waals surface area contributed by atoms with Crippen molar-refractivity contribution in [3.8, 4) is 5.88 Å². The van der Waals surface area contributed by atoms with E-state index in [1.165, 1.54) is 0 Å². The van der Waals surface area contributed by atoms with Gasteiger partial charge in [0.1, 0.15) is 5.69 Å². The third kappa shape index (κ3) is 3.95. The first-order valence-corrected chi connectivity index (χ1v) is 7.24. The summed E-state index contributed by atoms with van der Waals surface area (Å²) >= 11 is 3.31. The summed E-state index contributed by atoms with van der Waals surface area (Å²) in [5, 5.41) is 2.77. The number of ether oxygens (including phenoxy) is 1. The SMILES string of the molecule is CC(C)Oc1ncccc1NC(=O)c1ccc(Br)cc1N. The minimum Gasteiger partial charge on any atom is -0.473 e. The number of benzene rings is 1. The van der Waals surface area contributed by atoms with E-state index in [0.717, 1.165) is 4.47 Å². The van der Waals surface area contributed by atoms with Gasteiger partial charge in [0.2, 0.25) is 5.88 Å². The number of carbonyl (C=O) groups excluding carboxylic acids is 1. The second-order valence-corrected chi connectivity index (χ2v) is 5.62. The Morgan fingerprint density at radius 1 is 1.38 bits per heavy atom. The first-order chi connectivity index (χ1) is 9.97. The molecule has 21 heavy (non-hydrogen) atoms. The van der Waals surface area contributed by atoms with Crippen molar-refractivity contribution in [2.45, 2.75) is 20.0 Å². The van der Waals surface area contributed by atoms with E-state index in [4.69, 9.17) is 10.5 Å². The predicted octanol–water partition coefficient (Wildman–Crippen LogP) is 3.47. The highest BCUT2D eigenvalue weighted by atomic mass is 79.9. The molecule has 2 aromatic rings. The van der Waals surface area contributed by atoms with Crippen molar-refractivity contribution in [3.05, 3.63) is 46.6 Å². The molecule has 0 aliphatic rings. The Kier molecular flexibility index (Phi) is 4.80. The minimum absolute atomic E-state index is 0.0340. The van der Waals surface area contributed by atoms with Crippen LogP contribution in [0.5, 0.6) is 5.88 Å². The molecule has 1 amide bonds. The Balaban J connectivity index is 2.23. The lowest BCUT2D eigenvalue weighted by atomic mass is 10.1. The Labute approximate surface area is 131 Å². The van der Waals surface area contributed by atoms with Gasteiger partial charge in [-0.1, -0.05) is 15.9 Å². The van der Waals surface area contributed by atoms with E-state index in [1.54, 1.807) is 36.5 Å². The maximum Gasteiger partial charge on any atom is 0.257 e. The first-order valence-electron chi connectivity index (χ1n) is 6.45. The van der Waals surface area contributed by atoms with E-state index in [1.807, 2.05) is 13.8 Å². The third-order valence-electron chi connectivity index (χ3n) is 2.62. The number of rotatable bonds is 4. The van der Waals surface area contributed by atoms with E-state index < -0.39 is 0 Å². The molecule has 3 N–H and O–H groups in total. The second kappa shape index (κ2) is 6.58. The summed E-state index contributed by atoms with van der Waals surface area (Å²) in [5.41, 5.74) is 7.17. The molecule has 0 aliphatic heterocycles. The van der Waals surface area contributed by atoms with Crippen LogP contribution in [-0.2, 0) is 0 Å². The van der Waals surface area contributed by atoms with Crippen LogP contribution in [-0.4, -0.2) is 17.0 Å². The summed E-state index contributed by atoms with van der Waals surface area (Å²) in [7, 11) is 0. The molecule has 1 aromatic carbocycles. The van der Waals surface area contributed by atoms with Crippen molar-refractivity contribution in [3.63, 3.8) is 0 Å². The molecule has 0 fully saturated rings. The summed E-state index contributed by atoms with van der Waals surface area (Å²) in [5.74, 6) is 0.0816. The number of nitrogen functional groups attached to an aromatic ring is 1. The van der Waals surface area contributed by atoms with Gasteiger partial charge in [-0.05, 0) is 44.2 Å². The smallest absolute Gasteiger partial charge is 0.257 e. The number of aromatic nitrogens is 1. The van der Waals surface area contributed by atoms with E-state index in [9.17, 15) is 4.79 Å². The van der Waals surface area contributed by atoms with Gasteiger partial charge in [-0.3, -0.25) is 4.79 Å². The number of hydrogen-bond acceptors (Lipinski definition) is 4. The molecule has 0 atom stereocenters. The van der Waals surface area contributed by atoms with E-state index in [-0.39, 0.29) is 12.0 Å². The number of pyridine rings is 1. The van der Waals surface area contributed by atoms with Crippen LogP contribution in [0.4, 0.5) is 11.4 Å². The largest absolute Gasteiger partial charge is 0.473 e. The summed E-state index contributed by atoms with van der Waals surface area (Å²) in [6.07, 6.45) is 1.58. The highest BCUT2D eigenvalue weighted by molar-refractivity contribution is 9.10. The summed E-state index contributed by atoms with van der Waals surface area (Å²) in [6.45, 7) is 3.79. The molecule has 0 radical (unpaired) electrons. The molecule has 0 saturated carbocycles. The van der Waals surface area contributed by atoms with Crippen LogP contribution < -0.4 is 15.8 Å². The molecule has 0 unspecified atom stereocenters. The lowest BCUT2D eigenvalue weighted by Gasteiger charge is -2.14. The topological polar surface area (TPSA) is 77.2 Å². The van der Waals surface area contributed by atoms with Crippen LogP contribution in [0.1, 0.15) is 24.2 Å². The normalized spacial score (nSPS) is 10.5. The molecule has 110 valence electrons. The fraction of sp³-hybridized carbons (Fsp3) is 0.200. The number of amides is 1. The number of anilines is 2. The number of carbonyl (C=O) groups is 1. The lowest BCUT2D eigenvalue weighted by Crippen LogP contribution is -2.16. The summed E-state index contributed by atoms with van der Waals surface area (Å²) < 4.78 is 6.39. The zero-order valence-electron chi connectivity index (χ0n) is 11.8. The van der Waals surface area contributed by atoms with Gasteiger partial charge in [-0.25, -0.2) is 4.98 Å². The molecule has 6 heteroatoms. The number of nitrogens with one attached hydrogen (secondary N) is 1. The van der Waals surface area contributed by atoms with Crippen molar-refractivity contribution in [1.29, 1.82) is 0 Å². The Morgan fingerprint density at radius 3 is 2.81 bits per heavy atom. The van der Waals surface area contributed by atoms with Crippen molar-refractivity contribution in [1.82, 2.24) is 4.98 Å². The van der Waals surface area contributed by atoms with E-state index >= 15 is 0 Å². The Bertz CT molecular complexity index is 659. The molecule has 0 spiro atoms. The fourth-order valence-electron chi connectivity index (χ4n) is 1.73. The first kappa shape index (κ1) is 15.3. The van der Waals surface area contributed by atoms with Gasteiger partial charge in [0.15, 0.2) is 0 Å². The summed E-state index contributed by atoms with van der Waals surface area (Å²) in [4.78, 5) is 16.4. The van der Waals surface area contributed by atoms with Crippen molar-refractivity contribution in [2.24, 2.45) is 0 Å². The number of nitrogens with two attached hydrogens (primary N) is 1. The molecule has 0 aliphatic carbocycles. The molecule has 1 heterocycles. The minimum atomic E-state index is -0.304. The van der Waals surface area contributed by atoms with Crippen molar-refractivity contribution < 1.29 is 9.53 Å². The Morgan fingerprint density at radius 2 is 2.14 bits per heavy atom. The van der Waals surface area contributed by atoms with Crippen LogP contribution >= 0.6 is 15.9 Å². The van der Waals surface area contributed by atoms with Crippen molar-refractivity contribution in [2.75, 3.05) is 11.1 Å². The molecule has 0 bridgehead atoms. The Hall–Kier alpha value is -2.08. The summed E-state index contributed by atoms with van der Waals surface area (Å²) in [6, 6.07) is 8.57. The van der Waals surface area contributed by atoms with Crippen LogP contribution in [0.3, 0.4) is 0 Å². The van der Waals surface area contributed by atoms with Gasteiger partial charge in [0, 0.05) is 16.4 Å². The average molecular weight is 350 g/mol. The van der Waals surface area contributed by atoms with Gasteiger partial charge in [0.25, 0.3) is 5.91 Å². The highest BCUT2D eigenvalue weighted by Crippen LogP contribution is 2.24. The maximum atomic E-state index is 12.3. The van der Waals surface area contributed by atoms with Gasteiger partial charge in [0.05, 0.1) is 11.7 Å². The maximum absolute atomic E-state index is 12.3. The van der Waals surface area contributed by atoms with Crippen LogP contribution in [0.25, 0.3) is 0 Å². The van der Waals surface area contributed by atoms with Crippen LogP contribution in [0.15, 0.2) is 41.0 Å². The fourth-order valence-corrected chi connectivity index (χ4v) is 2.11. The molecule has 1 aromatic heterocycles. The van der Waals surface area contributed by atoms with Gasteiger partial charge in [-0.2, -0.15) is 0 Å². The van der Waals surface area contributed by atoms with E-state index in [2.05, 4.69) is 26.2 Å². The van der Waals surface area contributed by atoms with Gasteiger partial charge >= 0.3 is 0 Å². The van der Waals surface area contributed by atoms with E-state index in [0.29, 0.717) is 22.8 Å². The van der Waals surface area contributed by atoms with Crippen molar-refractivity contribution >= 4 is 33.2 Å². The standard InChI is InChI=1S/C15H16BrN3O2/c1-9(2)21-15-13(4-3-7-18-15)19-14(20)11-6-5-10(16)8-12(11)17/h3-9H,17H2,1-2H3,(H,19,20). The van der Waals surface area contributed by atoms with Crippen LogP contribution in [0.2, 0.25) is 0 Å². The molecule has 0 saturated heterocycles. The molecule has 2 rings (SSSR count). The highest BCUT2D eigenvalue weighted by Gasteiger charge is 2.14. The van der Waals surface area contributed by atoms with Gasteiger partial charge in [-0.15, -0.1) is 0 Å². The monoisotopic (exact) mass is 349 g/mol. The second-order valence-electron chi connectivity index (χ2n) is 4.71. The lowest BCUT2D eigenvalue weighted by molar-refractivity contribution is 0.102. The molecular formula is C15H16BrN3O2. The third-order valence-corrected chi connectivity index (χ3v) is 3.12. The molecular weight excluding hydrogens is 334 g/mol. The zero-order chi connectivity index (χ0) is 15.4. The van der Waals surface area contributed by atoms with Crippen LogP contribution in [0, 0.1) is 0 Å². The number of nitrogens with zero attached hydrogens (tertiary/aromatic N) is 1. The quantitative estimate of drug-likeness (QED) is 0.828. The number of halogens is 1. The average Bonchev–Trinajstić information content (AvgIpc) is 2.40.